The summed E-state index contributed by atoms with van der Waals surface area (Å²) < 4.78 is 1.35. The summed E-state index contributed by atoms with van der Waals surface area (Å²) >= 11 is 0. The van der Waals surface area contributed by atoms with Gasteiger partial charge in [0, 0.05) is 6.20 Å². The number of hydrogen-bond acceptors (Lipinski definition) is 4. The Bertz CT molecular complexity index is 516. The van der Waals surface area contributed by atoms with Gasteiger partial charge in [0.2, 0.25) is 11.1 Å². The molecule has 0 amide bonds. The molecule has 0 aromatic carbocycles. The van der Waals surface area contributed by atoms with Crippen LogP contribution in [0.25, 0.3) is 5.65 Å². The Morgan fingerprint density at radius 2 is 2.50 bits per heavy atom. The van der Waals surface area contributed by atoms with Gasteiger partial charge in [0.15, 0.2) is 0 Å². The van der Waals surface area contributed by atoms with Gasteiger partial charge in [-0.1, -0.05) is 0 Å². The van der Waals surface area contributed by atoms with Crippen LogP contribution in [-0.4, -0.2) is 19.8 Å². The van der Waals surface area contributed by atoms with E-state index in [-0.39, 0.29) is 11.2 Å². The van der Waals surface area contributed by atoms with Crippen LogP contribution < -0.4 is 5.43 Å². The number of nitrogens with one attached hydrogen (secondary N) is 1. The molecule has 12 heavy (non-hydrogen) atoms. The minimum Gasteiger partial charge on any atom is -0.297 e. The number of rotatable bonds is 0. The highest BCUT2D eigenvalue weighted by atomic mass is 16.1. The Morgan fingerprint density at radius 1 is 1.67 bits per heavy atom. The predicted molar refractivity (Wildman–Crippen MR) is 38.3 cm³/mol. The molecule has 58 valence electrons. The maximum absolute atomic E-state index is 11.3. The lowest BCUT2D eigenvalue weighted by Gasteiger charge is -1.90. The van der Waals surface area contributed by atoms with Crippen LogP contribution in [0.3, 0.4) is 0 Å². The fourth-order valence-electron chi connectivity index (χ4n) is 0.887. The molecule has 2 rings (SSSR count). The maximum Gasteiger partial charge on any atom is 0.244 e. The predicted octanol–water partition coefficient (Wildman–Crippen LogP) is -0.711. The van der Waals surface area contributed by atoms with Gasteiger partial charge < -0.3 is 0 Å². The number of H-pyrrole nitrogens is 1. The second kappa shape index (κ2) is 2.17. The lowest BCUT2D eigenvalue weighted by molar-refractivity contribution is 0.917. The zero-order valence-corrected chi connectivity index (χ0v) is 5.85. The Hall–Kier alpha value is -2.16. The van der Waals surface area contributed by atoms with Crippen molar-refractivity contribution in [1.82, 2.24) is 19.8 Å². The van der Waals surface area contributed by atoms with E-state index in [1.807, 2.05) is 0 Å². The first-order valence-corrected chi connectivity index (χ1v) is 3.14. The van der Waals surface area contributed by atoms with E-state index in [4.69, 9.17) is 5.26 Å². The minimum atomic E-state index is -0.409. The molecule has 2 heterocycles. The van der Waals surface area contributed by atoms with Crippen LogP contribution in [0, 0.1) is 11.3 Å². The van der Waals surface area contributed by atoms with E-state index in [0.29, 0.717) is 0 Å². The van der Waals surface area contributed by atoms with Crippen molar-refractivity contribution in [3.05, 3.63) is 28.3 Å². The van der Waals surface area contributed by atoms with E-state index >= 15 is 0 Å². The largest absolute Gasteiger partial charge is 0.297 e. The smallest absolute Gasteiger partial charge is 0.244 e. The van der Waals surface area contributed by atoms with E-state index < -0.39 is 5.43 Å². The summed E-state index contributed by atoms with van der Waals surface area (Å²) in [7, 11) is 0. The lowest BCUT2D eigenvalue weighted by atomic mass is 10.3. The van der Waals surface area contributed by atoms with Crippen molar-refractivity contribution in [2.75, 3.05) is 0 Å². The summed E-state index contributed by atoms with van der Waals surface area (Å²) in [6, 6.07) is 1.75. The molecule has 0 radical (unpaired) electrons. The molecule has 0 spiro atoms. The fourth-order valence-corrected chi connectivity index (χ4v) is 0.887. The van der Waals surface area contributed by atoms with Gasteiger partial charge in [0.25, 0.3) is 0 Å². The van der Waals surface area contributed by atoms with Crippen LogP contribution in [0.2, 0.25) is 0 Å². The Labute approximate surface area is 66.1 Å². The first kappa shape index (κ1) is 6.54. The van der Waals surface area contributed by atoms with Gasteiger partial charge in [-0.15, -0.1) is 10.2 Å². The van der Waals surface area contributed by atoms with Crippen molar-refractivity contribution in [2.45, 2.75) is 0 Å². The van der Waals surface area contributed by atoms with Crippen molar-refractivity contribution >= 4 is 5.65 Å². The van der Waals surface area contributed by atoms with Crippen LogP contribution in [0.1, 0.15) is 5.56 Å². The standard InChI is InChI=1S/C6H3N5O/c7-1-4-2-9-11-3-8-10-6(11)5(4)12/h2-3,9H. The molecule has 0 aliphatic heterocycles. The van der Waals surface area contributed by atoms with Gasteiger partial charge in [-0.25, -0.2) is 4.52 Å². The van der Waals surface area contributed by atoms with Crippen LogP contribution in [0.4, 0.5) is 0 Å². The number of hydrogen-bond donors (Lipinski definition) is 1. The highest BCUT2D eigenvalue weighted by Crippen LogP contribution is 1.90. The van der Waals surface area contributed by atoms with E-state index in [0.717, 1.165) is 0 Å². The number of aromatic amines is 1. The molecule has 2 aromatic heterocycles. The molecule has 2 aromatic rings. The quantitative estimate of drug-likeness (QED) is 0.552. The summed E-state index contributed by atoms with van der Waals surface area (Å²) in [6.07, 6.45) is 2.68. The second-order valence-electron chi connectivity index (χ2n) is 2.15. The molecular formula is C6H3N5O. The van der Waals surface area contributed by atoms with Gasteiger partial charge in [-0.3, -0.25) is 9.89 Å². The SMILES string of the molecule is N#Cc1c[nH]n2cnnc2c1=O. The third-order valence-corrected chi connectivity index (χ3v) is 1.46. The number of aromatic nitrogens is 4. The fraction of sp³-hybridized carbons (Fsp3) is 0. The highest BCUT2D eigenvalue weighted by Gasteiger charge is 2.04. The number of nitriles is 1. The van der Waals surface area contributed by atoms with Gasteiger partial charge in [-0.05, 0) is 0 Å². The third-order valence-electron chi connectivity index (χ3n) is 1.46. The van der Waals surface area contributed by atoms with Crippen LogP contribution in [0.15, 0.2) is 17.3 Å². The zero-order chi connectivity index (χ0) is 8.55. The second-order valence-corrected chi connectivity index (χ2v) is 2.15. The molecule has 6 nitrogen and oxygen atoms in total. The lowest BCUT2D eigenvalue weighted by Crippen LogP contribution is -2.11. The zero-order valence-electron chi connectivity index (χ0n) is 5.85. The monoisotopic (exact) mass is 161 g/mol. The Morgan fingerprint density at radius 3 is 3.25 bits per heavy atom. The molecule has 0 saturated carbocycles. The van der Waals surface area contributed by atoms with E-state index in [1.54, 1.807) is 6.07 Å². The number of nitrogens with zero attached hydrogens (tertiary/aromatic N) is 4. The molecule has 0 bridgehead atoms. The topological polar surface area (TPSA) is 86.8 Å². The molecule has 0 fully saturated rings. The molecule has 0 atom stereocenters. The third kappa shape index (κ3) is 0.703. The Kier molecular flexibility index (Phi) is 1.18. The van der Waals surface area contributed by atoms with Crippen molar-refractivity contribution in [3.8, 4) is 6.07 Å². The van der Waals surface area contributed by atoms with Gasteiger partial charge >= 0.3 is 0 Å². The van der Waals surface area contributed by atoms with Crippen molar-refractivity contribution < 1.29 is 0 Å². The molecule has 0 unspecified atom stereocenters. The first-order chi connectivity index (χ1) is 5.83. The average molecular weight is 161 g/mol. The van der Waals surface area contributed by atoms with Gasteiger partial charge in [-0.2, -0.15) is 5.26 Å². The van der Waals surface area contributed by atoms with Gasteiger partial charge in [0.05, 0.1) is 0 Å². The van der Waals surface area contributed by atoms with Crippen LogP contribution in [-0.2, 0) is 0 Å². The van der Waals surface area contributed by atoms with E-state index in [1.165, 1.54) is 17.0 Å². The van der Waals surface area contributed by atoms with Crippen molar-refractivity contribution in [2.24, 2.45) is 0 Å². The van der Waals surface area contributed by atoms with E-state index in [9.17, 15) is 4.79 Å². The number of fused-ring (bicyclic) bond motifs is 1. The molecule has 0 saturated heterocycles. The van der Waals surface area contributed by atoms with Crippen LogP contribution >= 0.6 is 0 Å². The molecule has 0 aliphatic rings. The van der Waals surface area contributed by atoms with Crippen molar-refractivity contribution in [3.63, 3.8) is 0 Å². The van der Waals surface area contributed by atoms with Gasteiger partial charge in [0.1, 0.15) is 18.0 Å². The average Bonchev–Trinajstić information content (AvgIpc) is 2.53. The molecular weight excluding hydrogens is 158 g/mol. The normalized spacial score (nSPS) is 9.92. The van der Waals surface area contributed by atoms with E-state index in [2.05, 4.69) is 15.3 Å². The summed E-state index contributed by atoms with van der Waals surface area (Å²) in [6.45, 7) is 0. The Balaban J connectivity index is 3.00. The minimum absolute atomic E-state index is 0.0375. The maximum atomic E-state index is 11.3. The molecule has 6 heteroatoms. The summed E-state index contributed by atoms with van der Waals surface area (Å²) in [5.74, 6) is 0. The van der Waals surface area contributed by atoms with Crippen LogP contribution in [0.5, 0.6) is 0 Å². The molecule has 0 aliphatic carbocycles. The highest BCUT2D eigenvalue weighted by molar-refractivity contribution is 5.41. The van der Waals surface area contributed by atoms with Crippen molar-refractivity contribution in [1.29, 1.82) is 5.26 Å². The summed E-state index contributed by atoms with van der Waals surface area (Å²) in [5, 5.41) is 18.2. The summed E-state index contributed by atoms with van der Waals surface area (Å²) in [5.41, 5.74) is -0.238. The summed E-state index contributed by atoms with van der Waals surface area (Å²) in [4.78, 5) is 11.3. The molecule has 1 N–H and O–H groups in total. The first-order valence-electron chi connectivity index (χ1n) is 3.14.